The van der Waals surface area contributed by atoms with Crippen LogP contribution in [0.3, 0.4) is 0 Å². The van der Waals surface area contributed by atoms with E-state index in [1.165, 1.54) is 27.9 Å². The fourth-order valence-corrected chi connectivity index (χ4v) is 3.49. The van der Waals surface area contributed by atoms with Crippen LogP contribution in [-0.4, -0.2) is 14.1 Å². The van der Waals surface area contributed by atoms with E-state index < -0.39 is 0 Å². The van der Waals surface area contributed by atoms with Crippen molar-refractivity contribution in [2.45, 2.75) is 0 Å². The smallest absolute Gasteiger partial charge is 0.00455 e. The molecule has 4 aromatic carbocycles. The molecule has 0 fully saturated rings. The first-order valence-corrected chi connectivity index (χ1v) is 9.09. The van der Waals surface area contributed by atoms with Crippen LogP contribution in [0.5, 0.6) is 0 Å². The maximum absolute atomic E-state index is 3.56. The van der Waals surface area contributed by atoms with Gasteiger partial charge >= 0.3 is 0 Å². The first kappa shape index (κ1) is 20.5. The number of hydrogen-bond donors (Lipinski definition) is 0. The average molecular weight is 436 g/mol. The quantitative estimate of drug-likeness (QED) is 0.337. The number of nitrogens with zero attached hydrogens (tertiary/aromatic N) is 1. The van der Waals surface area contributed by atoms with Crippen LogP contribution in [0.2, 0.25) is 0 Å². The van der Waals surface area contributed by atoms with E-state index in [1.54, 1.807) is 0 Å². The Bertz CT molecular complexity index is 1030. The molecule has 0 atom stereocenters. The monoisotopic (exact) mass is 436 g/mol. The minimum absolute atomic E-state index is 0. The Balaban J connectivity index is 0.00000225. The third kappa shape index (κ3) is 4.11. The molecule has 0 bridgehead atoms. The van der Waals surface area contributed by atoms with Gasteiger partial charge in [0.25, 0.3) is 0 Å². The molecule has 0 amide bonds. The molecule has 4 aromatic rings. The van der Waals surface area contributed by atoms with E-state index in [2.05, 4.69) is 104 Å². The minimum Gasteiger partial charge on any atom is -0.393 e. The zero-order valence-electron chi connectivity index (χ0n) is 16.2. The summed E-state index contributed by atoms with van der Waals surface area (Å²) < 4.78 is 0. The van der Waals surface area contributed by atoms with Crippen LogP contribution in [-0.2, 0) is 32.7 Å². The van der Waals surface area contributed by atoms with Crippen LogP contribution in [0.4, 0.5) is 5.69 Å². The van der Waals surface area contributed by atoms with Gasteiger partial charge in [-0.3, -0.25) is 0 Å². The first-order valence-electron chi connectivity index (χ1n) is 9.09. The molecule has 0 saturated carbocycles. The summed E-state index contributed by atoms with van der Waals surface area (Å²) in [6.45, 7) is 0. The first-order chi connectivity index (χ1) is 13.3. The van der Waals surface area contributed by atoms with Crippen molar-refractivity contribution in [1.29, 1.82) is 0 Å². The van der Waals surface area contributed by atoms with Gasteiger partial charge in [-0.1, -0.05) is 77.4 Å². The predicted molar refractivity (Wildman–Crippen MR) is 115 cm³/mol. The Labute approximate surface area is 192 Å². The number of hydrogen-bond acceptors (Lipinski definition) is 1. The van der Waals surface area contributed by atoms with Gasteiger partial charge in [0.1, 0.15) is 0 Å². The van der Waals surface area contributed by atoms with Crippen LogP contribution in [0.25, 0.3) is 33.4 Å². The maximum atomic E-state index is 3.56. The van der Waals surface area contributed by atoms with Gasteiger partial charge in [-0.15, -0.1) is 17.7 Å². The van der Waals surface area contributed by atoms with Crippen molar-refractivity contribution in [2.24, 2.45) is 0 Å². The largest absolute Gasteiger partial charge is 0.393 e. The molecular formula is C26H21NY-2. The molecule has 135 valence electrons. The molecule has 28 heavy (non-hydrogen) atoms. The maximum Gasteiger partial charge on any atom is 0.00455 e. The summed E-state index contributed by atoms with van der Waals surface area (Å²) in [5, 5.41) is 0. The number of benzene rings is 4. The molecular weight excluding hydrogens is 415 g/mol. The Kier molecular flexibility index (Phi) is 6.83. The van der Waals surface area contributed by atoms with Crippen molar-refractivity contribution in [1.82, 2.24) is 0 Å². The molecule has 0 aromatic heterocycles. The minimum atomic E-state index is 0. The third-order valence-electron chi connectivity index (χ3n) is 4.68. The summed E-state index contributed by atoms with van der Waals surface area (Å²) in [6.07, 6.45) is 0. The van der Waals surface area contributed by atoms with Crippen LogP contribution in [0.1, 0.15) is 0 Å². The van der Waals surface area contributed by atoms with E-state index in [1.807, 2.05) is 18.2 Å². The van der Waals surface area contributed by atoms with Crippen molar-refractivity contribution in [3.63, 3.8) is 0 Å². The zero-order chi connectivity index (χ0) is 18.6. The molecule has 0 aliphatic carbocycles. The van der Waals surface area contributed by atoms with Crippen molar-refractivity contribution in [3.8, 4) is 33.4 Å². The van der Waals surface area contributed by atoms with Gasteiger partial charge in [0.15, 0.2) is 0 Å². The second kappa shape index (κ2) is 9.32. The molecule has 4 rings (SSSR count). The van der Waals surface area contributed by atoms with Crippen molar-refractivity contribution in [3.05, 3.63) is 103 Å². The van der Waals surface area contributed by atoms with Gasteiger partial charge in [-0.2, -0.15) is 30.3 Å². The topological polar surface area (TPSA) is 3.24 Å². The van der Waals surface area contributed by atoms with Crippen LogP contribution >= 0.6 is 0 Å². The predicted octanol–water partition coefficient (Wildman–Crippen LogP) is 6.35. The van der Waals surface area contributed by atoms with Crippen LogP contribution in [0.15, 0.2) is 91.0 Å². The molecule has 0 N–H and O–H groups in total. The fourth-order valence-electron chi connectivity index (χ4n) is 3.49. The second-order valence-electron chi connectivity index (χ2n) is 6.70. The van der Waals surface area contributed by atoms with Crippen molar-refractivity contribution in [2.75, 3.05) is 19.0 Å². The van der Waals surface area contributed by atoms with Gasteiger partial charge in [-0.05, 0) is 5.69 Å². The third-order valence-corrected chi connectivity index (χ3v) is 4.68. The summed E-state index contributed by atoms with van der Waals surface area (Å²) in [6, 6.07) is 38.2. The van der Waals surface area contributed by atoms with E-state index in [4.69, 9.17) is 0 Å². The summed E-state index contributed by atoms with van der Waals surface area (Å²) in [5.74, 6) is 0. The number of anilines is 1. The molecule has 0 spiro atoms. The van der Waals surface area contributed by atoms with Crippen LogP contribution < -0.4 is 4.90 Å². The molecule has 0 aliphatic heterocycles. The summed E-state index contributed by atoms with van der Waals surface area (Å²) in [4.78, 5) is 2.20. The van der Waals surface area contributed by atoms with E-state index in [0.29, 0.717) is 0 Å². The molecule has 0 saturated heterocycles. The van der Waals surface area contributed by atoms with E-state index in [9.17, 15) is 0 Å². The summed E-state index contributed by atoms with van der Waals surface area (Å²) in [5.41, 5.74) is 8.06. The Morgan fingerprint density at radius 3 is 1.86 bits per heavy atom. The Morgan fingerprint density at radius 2 is 1.29 bits per heavy atom. The SMILES string of the molecule is CN(C)c1c(-c2ccccc2)c[c-]c(-c2[c-]cccc2)c1-c1ccccc1.[Y]. The van der Waals surface area contributed by atoms with Gasteiger partial charge in [-0.25, -0.2) is 11.1 Å². The Hall–Kier alpha value is -2.22. The van der Waals surface area contributed by atoms with E-state index in [-0.39, 0.29) is 32.7 Å². The normalized spacial score (nSPS) is 10.2. The van der Waals surface area contributed by atoms with Crippen LogP contribution in [0, 0.1) is 12.1 Å². The molecule has 1 radical (unpaired) electrons. The number of rotatable bonds is 4. The van der Waals surface area contributed by atoms with Gasteiger partial charge in [0.2, 0.25) is 0 Å². The average Bonchev–Trinajstić information content (AvgIpc) is 2.74. The Morgan fingerprint density at radius 1 is 0.679 bits per heavy atom. The fraction of sp³-hybridized carbons (Fsp3) is 0.0769. The summed E-state index contributed by atoms with van der Waals surface area (Å²) >= 11 is 0. The standard InChI is InChI=1S/C26H21N.Y/c1-27(2)26-24(21-14-8-4-9-15-21)19-18-23(20-12-6-3-7-13-20)25(26)22-16-10-5-11-17-22;/h3-12,14-17,19H,1-2H3;/q-2;. The van der Waals surface area contributed by atoms with Gasteiger partial charge < -0.3 is 4.90 Å². The zero-order valence-corrected chi connectivity index (χ0v) is 19.0. The van der Waals surface area contributed by atoms with Crippen molar-refractivity contribution >= 4 is 5.69 Å². The summed E-state index contributed by atoms with van der Waals surface area (Å²) in [7, 11) is 4.21. The van der Waals surface area contributed by atoms with Gasteiger partial charge in [0.05, 0.1) is 0 Å². The van der Waals surface area contributed by atoms with Crippen molar-refractivity contribution < 1.29 is 32.7 Å². The van der Waals surface area contributed by atoms with E-state index in [0.717, 1.165) is 11.1 Å². The second-order valence-corrected chi connectivity index (χ2v) is 6.70. The molecule has 0 heterocycles. The molecule has 0 aliphatic rings. The molecule has 1 nitrogen and oxygen atoms in total. The molecule has 2 heteroatoms. The van der Waals surface area contributed by atoms with E-state index >= 15 is 0 Å². The van der Waals surface area contributed by atoms with Gasteiger partial charge in [0, 0.05) is 46.8 Å². The molecule has 0 unspecified atom stereocenters.